The summed E-state index contributed by atoms with van der Waals surface area (Å²) in [6.45, 7) is 1.95. The summed E-state index contributed by atoms with van der Waals surface area (Å²) in [5.74, 6) is -2.99. The lowest BCUT2D eigenvalue weighted by molar-refractivity contribution is -0.117. The molecule has 2 aromatic rings. The van der Waals surface area contributed by atoms with Crippen LogP contribution in [0.3, 0.4) is 0 Å². The van der Waals surface area contributed by atoms with Gasteiger partial charge >= 0.3 is 0 Å². The van der Waals surface area contributed by atoms with Gasteiger partial charge in [-0.05, 0) is 42.3 Å². The zero-order valence-corrected chi connectivity index (χ0v) is 15.9. The van der Waals surface area contributed by atoms with Gasteiger partial charge in [-0.15, -0.1) is 0 Å². The number of benzene rings is 2. The lowest BCUT2D eigenvalue weighted by Gasteiger charge is -2.15. The van der Waals surface area contributed by atoms with Crippen LogP contribution in [0.25, 0.3) is 0 Å². The van der Waals surface area contributed by atoms with Crippen LogP contribution in [0.4, 0.5) is 20.2 Å². The number of hydrogen-bond acceptors (Lipinski definition) is 4. The number of sulfone groups is 1. The van der Waals surface area contributed by atoms with Crippen LogP contribution in [-0.4, -0.2) is 32.5 Å². The van der Waals surface area contributed by atoms with Crippen molar-refractivity contribution < 1.29 is 26.8 Å². The average molecular weight is 408 g/mol. The minimum Gasteiger partial charge on any atom is -0.324 e. The number of halogens is 2. The zero-order chi connectivity index (χ0) is 20.5. The fourth-order valence-corrected chi connectivity index (χ4v) is 4.33. The highest BCUT2D eigenvalue weighted by Gasteiger charge is 2.25. The van der Waals surface area contributed by atoms with Gasteiger partial charge in [0.15, 0.2) is 9.84 Å². The molecule has 1 heterocycles. The van der Waals surface area contributed by atoms with E-state index in [-0.39, 0.29) is 22.9 Å². The van der Waals surface area contributed by atoms with Crippen molar-refractivity contribution in [3.8, 4) is 0 Å². The number of fused-ring (bicyclic) bond motifs is 1. The molecule has 9 heteroatoms. The molecule has 1 aliphatic rings. The van der Waals surface area contributed by atoms with Crippen LogP contribution in [-0.2, 0) is 25.8 Å². The molecule has 148 valence electrons. The molecule has 0 unspecified atom stereocenters. The molecule has 0 saturated carbocycles. The molecule has 2 aromatic carbocycles. The smallest absolute Gasteiger partial charge is 0.225 e. The van der Waals surface area contributed by atoms with Gasteiger partial charge in [-0.3, -0.25) is 9.59 Å². The molecule has 1 aliphatic heterocycles. The van der Waals surface area contributed by atoms with Gasteiger partial charge < -0.3 is 10.2 Å². The lowest BCUT2D eigenvalue weighted by atomic mass is 10.2. The first kappa shape index (κ1) is 19.9. The third-order valence-electron chi connectivity index (χ3n) is 4.49. The second-order valence-electron chi connectivity index (χ2n) is 6.45. The minimum absolute atomic E-state index is 0.0671. The van der Waals surface area contributed by atoms with Crippen molar-refractivity contribution in [1.29, 1.82) is 0 Å². The van der Waals surface area contributed by atoms with Gasteiger partial charge in [0.2, 0.25) is 11.8 Å². The van der Waals surface area contributed by atoms with E-state index >= 15 is 0 Å². The predicted molar refractivity (Wildman–Crippen MR) is 99.8 cm³/mol. The van der Waals surface area contributed by atoms with E-state index in [9.17, 15) is 26.8 Å². The number of carbonyl (C=O) groups excluding carboxylic acids is 2. The predicted octanol–water partition coefficient (Wildman–Crippen LogP) is 2.68. The zero-order valence-electron chi connectivity index (χ0n) is 15.0. The Hall–Kier alpha value is -2.81. The van der Waals surface area contributed by atoms with Crippen molar-refractivity contribution in [3.63, 3.8) is 0 Å². The molecule has 3 rings (SSSR count). The number of anilines is 2. The van der Waals surface area contributed by atoms with Gasteiger partial charge in [-0.2, -0.15) is 0 Å². The number of carbonyl (C=O) groups is 2. The summed E-state index contributed by atoms with van der Waals surface area (Å²) in [6.07, 6.45) is 0.179. The maximum absolute atomic E-state index is 13.6. The molecule has 0 saturated heterocycles. The number of nitrogens with zero attached hydrogens (tertiary/aromatic N) is 1. The monoisotopic (exact) mass is 408 g/mol. The largest absolute Gasteiger partial charge is 0.324 e. The van der Waals surface area contributed by atoms with Crippen LogP contribution in [0.15, 0.2) is 41.3 Å². The first-order valence-electron chi connectivity index (χ1n) is 8.56. The van der Waals surface area contributed by atoms with Crippen molar-refractivity contribution in [2.75, 3.05) is 22.5 Å². The first-order valence-corrected chi connectivity index (χ1v) is 10.2. The molecule has 0 fully saturated rings. The van der Waals surface area contributed by atoms with E-state index in [1.54, 1.807) is 11.0 Å². The average Bonchev–Trinajstić information content (AvgIpc) is 3.06. The van der Waals surface area contributed by atoms with Crippen LogP contribution in [0, 0.1) is 11.6 Å². The summed E-state index contributed by atoms with van der Waals surface area (Å²) in [5, 5.41) is 2.23. The summed E-state index contributed by atoms with van der Waals surface area (Å²) < 4.78 is 51.5. The van der Waals surface area contributed by atoms with Gasteiger partial charge in [-0.1, -0.05) is 0 Å². The molecule has 0 bridgehead atoms. The molecule has 6 nitrogen and oxygen atoms in total. The van der Waals surface area contributed by atoms with E-state index in [4.69, 9.17) is 0 Å². The van der Waals surface area contributed by atoms with Crippen LogP contribution in [0.2, 0.25) is 0 Å². The van der Waals surface area contributed by atoms with Gasteiger partial charge in [0.1, 0.15) is 11.6 Å². The van der Waals surface area contributed by atoms with E-state index in [0.29, 0.717) is 24.7 Å². The third-order valence-corrected chi connectivity index (χ3v) is 6.20. The molecule has 2 amide bonds. The van der Waals surface area contributed by atoms with E-state index in [1.165, 1.54) is 19.1 Å². The standard InChI is InChI=1S/C19H18F2N2O4S/c1-12(24)23-8-6-13-10-15(3-5-18(13)23)28(26,27)9-7-19(25)22-17-4-2-14(20)11-16(17)21/h2-5,10-11H,6-9H2,1H3,(H,22,25). The normalized spacial score (nSPS) is 13.3. The molecule has 0 radical (unpaired) electrons. The molecule has 0 spiro atoms. The number of rotatable bonds is 5. The van der Waals surface area contributed by atoms with Crippen molar-refractivity contribution >= 4 is 33.0 Å². The number of nitrogens with one attached hydrogen (secondary N) is 1. The summed E-state index contributed by atoms with van der Waals surface area (Å²) in [7, 11) is -3.74. The maximum atomic E-state index is 13.6. The quantitative estimate of drug-likeness (QED) is 0.825. The van der Waals surface area contributed by atoms with E-state index in [2.05, 4.69) is 5.32 Å². The van der Waals surface area contributed by atoms with E-state index < -0.39 is 33.1 Å². The summed E-state index contributed by atoms with van der Waals surface area (Å²) in [4.78, 5) is 25.2. The van der Waals surface area contributed by atoms with Gasteiger partial charge in [0, 0.05) is 31.6 Å². The van der Waals surface area contributed by atoms with Crippen molar-refractivity contribution in [1.82, 2.24) is 0 Å². The van der Waals surface area contributed by atoms with Gasteiger partial charge in [-0.25, -0.2) is 17.2 Å². The Morgan fingerprint density at radius 3 is 2.57 bits per heavy atom. The van der Waals surface area contributed by atoms with Gasteiger partial charge in [0.25, 0.3) is 0 Å². The Labute approximate surface area is 161 Å². The second kappa shape index (κ2) is 7.67. The summed E-state index contributed by atoms with van der Waals surface area (Å²) >= 11 is 0. The molecule has 0 aliphatic carbocycles. The Balaban J connectivity index is 1.67. The SMILES string of the molecule is CC(=O)N1CCc2cc(S(=O)(=O)CCC(=O)Nc3ccc(F)cc3F)ccc21. The summed E-state index contributed by atoms with van der Waals surface area (Å²) in [5.41, 5.74) is 1.23. The summed E-state index contributed by atoms with van der Waals surface area (Å²) in [6, 6.07) is 7.20. The molecular formula is C19H18F2N2O4S. The van der Waals surface area contributed by atoms with Crippen LogP contribution >= 0.6 is 0 Å². The van der Waals surface area contributed by atoms with Crippen molar-refractivity contribution in [2.45, 2.75) is 24.7 Å². The topological polar surface area (TPSA) is 83.6 Å². The maximum Gasteiger partial charge on any atom is 0.225 e. The number of hydrogen-bond donors (Lipinski definition) is 1. The molecule has 1 N–H and O–H groups in total. The second-order valence-corrected chi connectivity index (χ2v) is 8.56. The highest BCUT2D eigenvalue weighted by atomic mass is 32.2. The number of amides is 2. The molecule has 0 aromatic heterocycles. The first-order chi connectivity index (χ1) is 13.2. The highest BCUT2D eigenvalue weighted by Crippen LogP contribution is 2.30. The Morgan fingerprint density at radius 2 is 1.89 bits per heavy atom. The fourth-order valence-electron chi connectivity index (χ4n) is 3.05. The lowest BCUT2D eigenvalue weighted by Crippen LogP contribution is -2.25. The van der Waals surface area contributed by atoms with Crippen molar-refractivity contribution in [3.05, 3.63) is 53.6 Å². The van der Waals surface area contributed by atoms with Crippen LogP contribution in [0.1, 0.15) is 18.9 Å². The Kier molecular flexibility index (Phi) is 5.46. The Morgan fingerprint density at radius 1 is 1.14 bits per heavy atom. The van der Waals surface area contributed by atoms with Crippen molar-refractivity contribution in [2.24, 2.45) is 0 Å². The fraction of sp³-hybridized carbons (Fsp3) is 0.263. The molecular weight excluding hydrogens is 390 g/mol. The van der Waals surface area contributed by atoms with Gasteiger partial charge in [0.05, 0.1) is 16.3 Å². The Bertz CT molecular complexity index is 1050. The van der Waals surface area contributed by atoms with Crippen LogP contribution < -0.4 is 10.2 Å². The molecule has 28 heavy (non-hydrogen) atoms. The van der Waals surface area contributed by atoms with Crippen LogP contribution in [0.5, 0.6) is 0 Å². The third kappa shape index (κ3) is 4.19. The highest BCUT2D eigenvalue weighted by molar-refractivity contribution is 7.91. The minimum atomic E-state index is -3.74. The van der Waals surface area contributed by atoms with E-state index in [1.807, 2.05) is 0 Å². The molecule has 0 atom stereocenters. The van der Waals surface area contributed by atoms with E-state index in [0.717, 1.165) is 17.7 Å².